The molecule has 0 amide bonds. The lowest BCUT2D eigenvalue weighted by molar-refractivity contribution is -0.133. The van der Waals surface area contributed by atoms with Crippen LogP contribution in [0, 0.1) is 0 Å². The molecule has 0 spiro atoms. The molecule has 0 saturated heterocycles. The monoisotopic (exact) mass is 370 g/mol. The molecule has 0 unspecified atom stereocenters. The SMILES string of the molecule is CC(=O)Oc1cc2c(OC(C)=O)ccc(OC(C)=O)c2c2c1CCCCC2. The normalized spacial score (nSPS) is 13.4. The highest BCUT2D eigenvalue weighted by molar-refractivity contribution is 6.00. The van der Waals surface area contributed by atoms with Gasteiger partial charge in [0.2, 0.25) is 0 Å². The summed E-state index contributed by atoms with van der Waals surface area (Å²) in [5.41, 5.74) is 1.93. The molecule has 142 valence electrons. The Morgan fingerprint density at radius 1 is 0.704 bits per heavy atom. The van der Waals surface area contributed by atoms with Crippen molar-refractivity contribution in [3.63, 3.8) is 0 Å². The number of hydrogen-bond acceptors (Lipinski definition) is 6. The topological polar surface area (TPSA) is 78.9 Å². The minimum atomic E-state index is -0.458. The lowest BCUT2D eigenvalue weighted by Gasteiger charge is -2.19. The van der Waals surface area contributed by atoms with E-state index in [-0.39, 0.29) is 0 Å². The summed E-state index contributed by atoms with van der Waals surface area (Å²) in [4.78, 5) is 34.7. The average molecular weight is 370 g/mol. The average Bonchev–Trinajstić information content (AvgIpc) is 2.82. The number of aryl methyl sites for hydroxylation is 1. The van der Waals surface area contributed by atoms with Crippen LogP contribution in [0.5, 0.6) is 17.2 Å². The zero-order chi connectivity index (χ0) is 19.6. The fourth-order valence-electron chi connectivity index (χ4n) is 3.61. The summed E-state index contributed by atoms with van der Waals surface area (Å²) < 4.78 is 16.2. The number of benzene rings is 2. The van der Waals surface area contributed by atoms with Crippen molar-refractivity contribution < 1.29 is 28.6 Å². The van der Waals surface area contributed by atoms with Gasteiger partial charge in [0.05, 0.1) is 0 Å². The van der Waals surface area contributed by atoms with Crippen molar-refractivity contribution in [2.24, 2.45) is 0 Å². The van der Waals surface area contributed by atoms with Crippen molar-refractivity contribution in [1.82, 2.24) is 0 Å². The zero-order valence-electron chi connectivity index (χ0n) is 15.7. The first kappa shape index (κ1) is 18.9. The molecule has 0 aliphatic heterocycles. The van der Waals surface area contributed by atoms with Crippen LogP contribution in [0.15, 0.2) is 18.2 Å². The molecule has 2 aromatic carbocycles. The molecule has 3 rings (SSSR count). The Bertz CT molecular complexity index is 928. The molecule has 1 aliphatic rings. The standard InChI is InChI=1S/C21H22O6/c1-12(22)25-18-9-10-19(26-13(2)23)21-16-8-6-4-5-7-15(16)20(11-17(18)21)27-14(3)24/h9-11H,4-8H2,1-3H3. The van der Waals surface area contributed by atoms with Crippen LogP contribution < -0.4 is 14.2 Å². The largest absolute Gasteiger partial charge is 0.426 e. The molecule has 6 heteroatoms. The minimum Gasteiger partial charge on any atom is -0.426 e. The molecule has 0 saturated carbocycles. The first-order valence-corrected chi connectivity index (χ1v) is 9.03. The van der Waals surface area contributed by atoms with Gasteiger partial charge in [0.15, 0.2) is 0 Å². The van der Waals surface area contributed by atoms with Gasteiger partial charge < -0.3 is 14.2 Å². The van der Waals surface area contributed by atoms with Crippen LogP contribution >= 0.6 is 0 Å². The summed E-state index contributed by atoms with van der Waals surface area (Å²) in [5, 5.41) is 1.32. The summed E-state index contributed by atoms with van der Waals surface area (Å²) in [5.74, 6) is -0.0653. The van der Waals surface area contributed by atoms with Crippen molar-refractivity contribution >= 4 is 28.7 Å². The first-order valence-electron chi connectivity index (χ1n) is 9.03. The highest BCUT2D eigenvalue weighted by Gasteiger charge is 2.23. The van der Waals surface area contributed by atoms with E-state index in [2.05, 4.69) is 0 Å². The summed E-state index contributed by atoms with van der Waals surface area (Å²) in [6.45, 7) is 4.02. The predicted molar refractivity (Wildman–Crippen MR) is 99.1 cm³/mol. The maximum atomic E-state index is 11.6. The van der Waals surface area contributed by atoms with Crippen LogP contribution in [0.1, 0.15) is 51.2 Å². The maximum absolute atomic E-state index is 11.6. The smallest absolute Gasteiger partial charge is 0.308 e. The molecule has 0 N–H and O–H groups in total. The minimum absolute atomic E-state index is 0.342. The van der Waals surface area contributed by atoms with Gasteiger partial charge in [-0.25, -0.2) is 0 Å². The van der Waals surface area contributed by atoms with E-state index in [9.17, 15) is 14.4 Å². The van der Waals surface area contributed by atoms with Crippen LogP contribution in [0.2, 0.25) is 0 Å². The molecule has 0 atom stereocenters. The fourth-order valence-corrected chi connectivity index (χ4v) is 3.61. The summed E-state index contributed by atoms with van der Waals surface area (Å²) in [6, 6.07) is 4.92. The molecular weight excluding hydrogens is 348 g/mol. The van der Waals surface area contributed by atoms with Crippen molar-refractivity contribution in [1.29, 1.82) is 0 Å². The van der Waals surface area contributed by atoms with Crippen molar-refractivity contribution in [2.45, 2.75) is 52.9 Å². The van der Waals surface area contributed by atoms with E-state index in [0.717, 1.165) is 48.6 Å². The van der Waals surface area contributed by atoms with E-state index < -0.39 is 17.9 Å². The van der Waals surface area contributed by atoms with E-state index in [1.165, 1.54) is 20.8 Å². The van der Waals surface area contributed by atoms with Gasteiger partial charge in [-0.2, -0.15) is 0 Å². The second-order valence-electron chi connectivity index (χ2n) is 6.66. The predicted octanol–water partition coefficient (Wildman–Crippen LogP) is 3.88. The van der Waals surface area contributed by atoms with Gasteiger partial charge in [-0.3, -0.25) is 14.4 Å². The lowest BCUT2D eigenvalue weighted by Crippen LogP contribution is -2.09. The van der Waals surface area contributed by atoms with Crippen LogP contribution in [-0.2, 0) is 27.2 Å². The Hall–Kier alpha value is -2.89. The maximum Gasteiger partial charge on any atom is 0.308 e. The molecule has 0 fully saturated rings. The van der Waals surface area contributed by atoms with Gasteiger partial charge >= 0.3 is 17.9 Å². The second kappa shape index (κ2) is 7.78. The van der Waals surface area contributed by atoms with Gasteiger partial charge in [-0.1, -0.05) is 6.42 Å². The summed E-state index contributed by atoms with van der Waals surface area (Å²) in [6.07, 6.45) is 4.55. The van der Waals surface area contributed by atoms with Crippen LogP contribution in [0.3, 0.4) is 0 Å². The number of fused-ring (bicyclic) bond motifs is 3. The second-order valence-corrected chi connectivity index (χ2v) is 6.66. The number of carbonyl (C=O) groups is 3. The van der Waals surface area contributed by atoms with E-state index in [1.807, 2.05) is 0 Å². The van der Waals surface area contributed by atoms with Gasteiger partial charge in [0, 0.05) is 31.5 Å². The first-order chi connectivity index (χ1) is 12.9. The Morgan fingerprint density at radius 3 is 1.85 bits per heavy atom. The Morgan fingerprint density at radius 2 is 1.22 bits per heavy atom. The number of rotatable bonds is 3. The zero-order valence-corrected chi connectivity index (χ0v) is 15.7. The highest BCUT2D eigenvalue weighted by Crippen LogP contribution is 2.43. The van der Waals surface area contributed by atoms with Crippen molar-refractivity contribution in [3.8, 4) is 17.2 Å². The Kier molecular flexibility index (Phi) is 5.44. The van der Waals surface area contributed by atoms with E-state index >= 15 is 0 Å². The third kappa shape index (κ3) is 4.10. The molecule has 6 nitrogen and oxygen atoms in total. The lowest BCUT2D eigenvalue weighted by atomic mass is 9.93. The number of esters is 3. The molecule has 27 heavy (non-hydrogen) atoms. The number of hydrogen-bond donors (Lipinski definition) is 0. The fraction of sp³-hybridized carbons (Fsp3) is 0.381. The van der Waals surface area contributed by atoms with Crippen LogP contribution in [0.25, 0.3) is 10.8 Å². The molecule has 2 aromatic rings. The van der Waals surface area contributed by atoms with E-state index in [1.54, 1.807) is 18.2 Å². The Labute approximate surface area is 157 Å². The molecule has 0 bridgehead atoms. The quantitative estimate of drug-likeness (QED) is 0.463. The molecule has 0 aromatic heterocycles. The van der Waals surface area contributed by atoms with Gasteiger partial charge in [-0.15, -0.1) is 0 Å². The van der Waals surface area contributed by atoms with Crippen molar-refractivity contribution in [2.75, 3.05) is 0 Å². The van der Waals surface area contributed by atoms with Gasteiger partial charge in [-0.05, 0) is 55.0 Å². The summed E-state index contributed by atoms with van der Waals surface area (Å²) in [7, 11) is 0. The summed E-state index contributed by atoms with van der Waals surface area (Å²) >= 11 is 0. The number of ether oxygens (including phenoxy) is 3. The van der Waals surface area contributed by atoms with E-state index in [4.69, 9.17) is 14.2 Å². The number of carbonyl (C=O) groups excluding carboxylic acids is 3. The Balaban J connectivity index is 2.35. The molecule has 0 heterocycles. The van der Waals surface area contributed by atoms with Gasteiger partial charge in [0.25, 0.3) is 0 Å². The van der Waals surface area contributed by atoms with Gasteiger partial charge in [0.1, 0.15) is 17.2 Å². The highest BCUT2D eigenvalue weighted by atomic mass is 16.5. The third-order valence-electron chi connectivity index (χ3n) is 4.52. The van der Waals surface area contributed by atoms with E-state index in [0.29, 0.717) is 22.6 Å². The van der Waals surface area contributed by atoms with Crippen LogP contribution in [0.4, 0.5) is 0 Å². The molecule has 1 aliphatic carbocycles. The van der Waals surface area contributed by atoms with Crippen molar-refractivity contribution in [3.05, 3.63) is 29.3 Å². The third-order valence-corrected chi connectivity index (χ3v) is 4.52. The molecular formula is C21H22O6. The van der Waals surface area contributed by atoms with Crippen LogP contribution in [-0.4, -0.2) is 17.9 Å². The molecule has 0 radical (unpaired) electrons.